The SMILES string of the molecule is C[C@@H]1CN(c2ccc(NC(=O)CN(CCO)C3CC3)cc2)C[C@@H](C)O1. The van der Waals surface area contributed by atoms with Crippen LogP contribution in [0.25, 0.3) is 0 Å². The van der Waals surface area contributed by atoms with Crippen molar-refractivity contribution in [2.24, 2.45) is 0 Å². The smallest absolute Gasteiger partial charge is 0.238 e. The van der Waals surface area contributed by atoms with Gasteiger partial charge in [-0.2, -0.15) is 0 Å². The first-order chi connectivity index (χ1) is 12.0. The van der Waals surface area contributed by atoms with Crippen LogP contribution < -0.4 is 10.2 Å². The molecule has 6 nitrogen and oxygen atoms in total. The molecule has 1 aromatic carbocycles. The fraction of sp³-hybridized carbons (Fsp3) is 0.632. The van der Waals surface area contributed by atoms with Gasteiger partial charge < -0.3 is 20.1 Å². The van der Waals surface area contributed by atoms with Gasteiger partial charge in [-0.15, -0.1) is 0 Å². The molecule has 0 radical (unpaired) electrons. The van der Waals surface area contributed by atoms with Crippen LogP contribution in [-0.4, -0.2) is 66.9 Å². The molecule has 138 valence electrons. The highest BCUT2D eigenvalue weighted by Crippen LogP contribution is 2.26. The highest BCUT2D eigenvalue weighted by atomic mass is 16.5. The van der Waals surface area contributed by atoms with Gasteiger partial charge in [-0.25, -0.2) is 0 Å². The number of aliphatic hydroxyl groups is 1. The van der Waals surface area contributed by atoms with Gasteiger partial charge in [0.15, 0.2) is 0 Å². The molecule has 0 bridgehead atoms. The van der Waals surface area contributed by atoms with Crippen molar-refractivity contribution in [3.63, 3.8) is 0 Å². The van der Waals surface area contributed by atoms with Crippen molar-refractivity contribution < 1.29 is 14.6 Å². The number of hydrogen-bond acceptors (Lipinski definition) is 5. The van der Waals surface area contributed by atoms with E-state index in [-0.39, 0.29) is 24.7 Å². The van der Waals surface area contributed by atoms with E-state index in [1.165, 1.54) is 0 Å². The third kappa shape index (κ3) is 5.17. The molecule has 1 aliphatic carbocycles. The maximum absolute atomic E-state index is 12.2. The molecule has 2 N–H and O–H groups in total. The second-order valence-electron chi connectivity index (χ2n) is 7.18. The number of ether oxygens (including phenoxy) is 1. The number of carbonyl (C=O) groups is 1. The Bertz CT molecular complexity index is 564. The number of morpholine rings is 1. The van der Waals surface area contributed by atoms with Gasteiger partial charge in [0.05, 0.1) is 25.4 Å². The molecule has 1 saturated heterocycles. The summed E-state index contributed by atoms with van der Waals surface area (Å²) < 4.78 is 5.77. The fourth-order valence-electron chi connectivity index (χ4n) is 3.49. The van der Waals surface area contributed by atoms with E-state index >= 15 is 0 Å². The van der Waals surface area contributed by atoms with Gasteiger partial charge in [0.25, 0.3) is 0 Å². The topological polar surface area (TPSA) is 65.0 Å². The predicted octanol–water partition coefficient (Wildman–Crippen LogP) is 1.70. The van der Waals surface area contributed by atoms with Crippen molar-refractivity contribution in [1.29, 1.82) is 0 Å². The molecule has 3 rings (SSSR count). The molecule has 6 heteroatoms. The van der Waals surface area contributed by atoms with E-state index in [0.717, 1.165) is 37.3 Å². The summed E-state index contributed by atoms with van der Waals surface area (Å²) in [6, 6.07) is 8.46. The van der Waals surface area contributed by atoms with Gasteiger partial charge >= 0.3 is 0 Å². The molecule has 2 aliphatic rings. The van der Waals surface area contributed by atoms with Crippen LogP contribution >= 0.6 is 0 Å². The quantitative estimate of drug-likeness (QED) is 0.786. The zero-order valence-corrected chi connectivity index (χ0v) is 15.1. The molecule has 0 spiro atoms. The van der Waals surface area contributed by atoms with Crippen LogP contribution in [0.4, 0.5) is 11.4 Å². The summed E-state index contributed by atoms with van der Waals surface area (Å²) in [6.45, 7) is 6.94. The van der Waals surface area contributed by atoms with Crippen molar-refractivity contribution in [1.82, 2.24) is 4.90 Å². The number of nitrogens with one attached hydrogen (secondary N) is 1. The Labute approximate surface area is 149 Å². The van der Waals surface area contributed by atoms with Crippen LogP contribution in [0.3, 0.4) is 0 Å². The number of benzene rings is 1. The van der Waals surface area contributed by atoms with Crippen molar-refractivity contribution in [3.8, 4) is 0 Å². The van der Waals surface area contributed by atoms with Crippen molar-refractivity contribution in [2.75, 3.05) is 43.0 Å². The highest BCUT2D eigenvalue weighted by molar-refractivity contribution is 5.92. The van der Waals surface area contributed by atoms with Gasteiger partial charge in [-0.05, 0) is 51.0 Å². The lowest BCUT2D eigenvalue weighted by molar-refractivity contribution is -0.117. The van der Waals surface area contributed by atoms with Crippen molar-refractivity contribution >= 4 is 17.3 Å². The number of aliphatic hydroxyl groups excluding tert-OH is 1. The Hall–Kier alpha value is -1.63. The second-order valence-corrected chi connectivity index (χ2v) is 7.18. The minimum Gasteiger partial charge on any atom is -0.395 e. The van der Waals surface area contributed by atoms with Gasteiger partial charge in [-0.3, -0.25) is 9.69 Å². The lowest BCUT2D eigenvalue weighted by Gasteiger charge is -2.36. The summed E-state index contributed by atoms with van der Waals surface area (Å²) in [7, 11) is 0. The first-order valence-electron chi connectivity index (χ1n) is 9.20. The largest absolute Gasteiger partial charge is 0.395 e. The number of carbonyl (C=O) groups excluding carboxylic acids is 1. The van der Waals surface area contributed by atoms with Crippen LogP contribution in [0.15, 0.2) is 24.3 Å². The summed E-state index contributed by atoms with van der Waals surface area (Å²) in [5.74, 6) is -0.0262. The Morgan fingerprint density at radius 3 is 2.44 bits per heavy atom. The van der Waals surface area contributed by atoms with E-state index < -0.39 is 0 Å². The van der Waals surface area contributed by atoms with Crippen LogP contribution in [0.1, 0.15) is 26.7 Å². The normalized spacial score (nSPS) is 23.8. The van der Waals surface area contributed by atoms with E-state index in [4.69, 9.17) is 9.84 Å². The summed E-state index contributed by atoms with van der Waals surface area (Å²) in [4.78, 5) is 16.6. The molecule has 1 aliphatic heterocycles. The number of hydrogen-bond donors (Lipinski definition) is 2. The molecule has 0 aromatic heterocycles. The van der Waals surface area contributed by atoms with Crippen LogP contribution in [0.5, 0.6) is 0 Å². The lowest BCUT2D eigenvalue weighted by atomic mass is 10.2. The van der Waals surface area contributed by atoms with E-state index in [0.29, 0.717) is 19.1 Å². The van der Waals surface area contributed by atoms with Crippen LogP contribution in [-0.2, 0) is 9.53 Å². The molecule has 1 amide bonds. The molecule has 2 fully saturated rings. The van der Waals surface area contributed by atoms with E-state index in [2.05, 4.69) is 29.0 Å². The van der Waals surface area contributed by atoms with E-state index in [9.17, 15) is 4.79 Å². The van der Waals surface area contributed by atoms with Gasteiger partial charge in [0, 0.05) is 37.1 Å². The first kappa shape index (κ1) is 18.2. The van der Waals surface area contributed by atoms with Crippen molar-refractivity contribution in [2.45, 2.75) is 44.9 Å². The summed E-state index contributed by atoms with van der Waals surface area (Å²) in [5, 5.41) is 12.1. The number of amides is 1. The molecular weight excluding hydrogens is 318 g/mol. The number of anilines is 2. The lowest BCUT2D eigenvalue weighted by Crippen LogP contribution is -2.45. The molecule has 1 aromatic rings. The maximum atomic E-state index is 12.2. The zero-order chi connectivity index (χ0) is 17.8. The van der Waals surface area contributed by atoms with Crippen molar-refractivity contribution in [3.05, 3.63) is 24.3 Å². The number of nitrogens with zero attached hydrogens (tertiary/aromatic N) is 2. The van der Waals surface area contributed by atoms with E-state index in [1.54, 1.807) is 0 Å². The first-order valence-corrected chi connectivity index (χ1v) is 9.20. The van der Waals surface area contributed by atoms with E-state index in [1.807, 2.05) is 24.3 Å². The Morgan fingerprint density at radius 2 is 1.88 bits per heavy atom. The summed E-state index contributed by atoms with van der Waals surface area (Å²) >= 11 is 0. The Balaban J connectivity index is 1.54. The predicted molar refractivity (Wildman–Crippen MR) is 99.0 cm³/mol. The molecule has 25 heavy (non-hydrogen) atoms. The molecule has 2 atom stereocenters. The Kier molecular flexibility index (Phi) is 5.93. The highest BCUT2D eigenvalue weighted by Gasteiger charge is 2.29. The summed E-state index contributed by atoms with van der Waals surface area (Å²) in [5.41, 5.74) is 1.96. The Morgan fingerprint density at radius 1 is 1.24 bits per heavy atom. The second kappa shape index (κ2) is 8.17. The average molecular weight is 347 g/mol. The standard InChI is InChI=1S/C19H29N3O3/c1-14-11-22(12-15(2)25-14)18-5-3-16(4-6-18)20-19(24)13-21(9-10-23)17-7-8-17/h3-6,14-15,17,23H,7-13H2,1-2H3,(H,20,24)/t14-,15-/m1/s1. The molecule has 0 unspecified atom stereocenters. The van der Waals surface area contributed by atoms with Gasteiger partial charge in [-0.1, -0.05) is 0 Å². The third-order valence-electron chi connectivity index (χ3n) is 4.73. The minimum absolute atomic E-state index is 0.0262. The third-order valence-corrected chi connectivity index (χ3v) is 4.73. The zero-order valence-electron chi connectivity index (χ0n) is 15.1. The van der Waals surface area contributed by atoms with Gasteiger partial charge in [0.1, 0.15) is 0 Å². The minimum atomic E-state index is -0.0262. The fourth-order valence-corrected chi connectivity index (χ4v) is 3.49. The summed E-state index contributed by atoms with van der Waals surface area (Å²) in [6.07, 6.45) is 2.70. The average Bonchev–Trinajstić information content (AvgIpc) is 3.39. The molecular formula is C19H29N3O3. The monoisotopic (exact) mass is 347 g/mol. The van der Waals surface area contributed by atoms with Crippen LogP contribution in [0, 0.1) is 0 Å². The maximum Gasteiger partial charge on any atom is 0.238 e. The van der Waals surface area contributed by atoms with Crippen LogP contribution in [0.2, 0.25) is 0 Å². The molecule has 1 saturated carbocycles. The molecule has 1 heterocycles. The van der Waals surface area contributed by atoms with Gasteiger partial charge in [0.2, 0.25) is 5.91 Å². The number of rotatable bonds is 7.